The van der Waals surface area contributed by atoms with Crippen molar-refractivity contribution in [3.8, 4) is 0 Å². The highest BCUT2D eigenvalue weighted by molar-refractivity contribution is 5.75. The van der Waals surface area contributed by atoms with E-state index in [1.165, 1.54) is 0 Å². The molecular formula is C20H30O5. The van der Waals surface area contributed by atoms with Gasteiger partial charge in [-0.15, -0.1) is 0 Å². The van der Waals surface area contributed by atoms with Crippen LogP contribution in [0.1, 0.15) is 52.4 Å². The number of aliphatic carboxylic acids is 1. The minimum absolute atomic E-state index is 0.00676. The Labute approximate surface area is 148 Å². The Bertz CT molecular complexity index is 632. The van der Waals surface area contributed by atoms with Crippen LogP contribution in [-0.4, -0.2) is 44.7 Å². The zero-order valence-corrected chi connectivity index (χ0v) is 15.1. The number of aliphatic hydroxyl groups excluding tert-OH is 3. The van der Waals surface area contributed by atoms with Crippen molar-refractivity contribution in [3.05, 3.63) is 12.2 Å². The van der Waals surface area contributed by atoms with Crippen LogP contribution in [-0.2, 0) is 4.79 Å². The summed E-state index contributed by atoms with van der Waals surface area (Å²) in [7, 11) is 0. The van der Waals surface area contributed by atoms with E-state index in [0.717, 1.165) is 18.4 Å². The molecule has 4 N–H and O–H groups in total. The lowest BCUT2D eigenvalue weighted by atomic mass is 9.39. The third kappa shape index (κ3) is 1.92. The summed E-state index contributed by atoms with van der Waals surface area (Å²) in [5.74, 6) is -1.40. The standard InChI is InChI=1S/C20H30O5/c1-10-8-20-9-11(10)12(21)7-13(20)18(2)5-4-6-19(3,17(24)25)15(18)14(22)16(20)23/h11-16,21-23H,1,4-9H2,2-3H3,(H,24,25)/t11-,12+,13-,14-,15-,16-,18-,19+,20-/m0/s1. The molecule has 4 aliphatic carbocycles. The highest BCUT2D eigenvalue weighted by Gasteiger charge is 2.72. The molecule has 5 heteroatoms. The molecular weight excluding hydrogens is 320 g/mol. The predicted octanol–water partition coefficient (Wildman–Crippen LogP) is 1.95. The molecule has 4 saturated carbocycles. The second kappa shape index (κ2) is 5.08. The first-order chi connectivity index (χ1) is 11.6. The number of rotatable bonds is 1. The van der Waals surface area contributed by atoms with Gasteiger partial charge in [0.1, 0.15) is 0 Å². The third-order valence-electron chi connectivity index (χ3n) is 8.66. The molecule has 4 rings (SSSR count). The van der Waals surface area contributed by atoms with Crippen LogP contribution in [0, 0.1) is 34.0 Å². The van der Waals surface area contributed by atoms with Gasteiger partial charge in [0.2, 0.25) is 0 Å². The molecule has 0 aliphatic heterocycles. The molecule has 4 fully saturated rings. The van der Waals surface area contributed by atoms with E-state index in [2.05, 4.69) is 13.5 Å². The fourth-order valence-corrected chi connectivity index (χ4v) is 7.65. The molecule has 140 valence electrons. The summed E-state index contributed by atoms with van der Waals surface area (Å²) >= 11 is 0. The van der Waals surface area contributed by atoms with Gasteiger partial charge in [-0.25, -0.2) is 0 Å². The number of carboxylic acids is 1. The minimum atomic E-state index is -1.05. The Hall–Kier alpha value is -0.910. The van der Waals surface area contributed by atoms with Gasteiger partial charge in [-0.2, -0.15) is 0 Å². The van der Waals surface area contributed by atoms with E-state index in [1.54, 1.807) is 6.92 Å². The number of carboxylic acid groups (broad SMARTS) is 1. The molecule has 0 amide bonds. The van der Waals surface area contributed by atoms with Crippen molar-refractivity contribution in [1.29, 1.82) is 0 Å². The molecule has 9 atom stereocenters. The summed E-state index contributed by atoms with van der Waals surface area (Å²) in [5, 5.41) is 42.9. The summed E-state index contributed by atoms with van der Waals surface area (Å²) in [6.45, 7) is 7.94. The summed E-state index contributed by atoms with van der Waals surface area (Å²) in [5.41, 5.74) is -0.949. The Kier molecular flexibility index (Phi) is 3.56. The Morgan fingerprint density at radius 2 is 1.88 bits per heavy atom. The first-order valence-corrected chi connectivity index (χ1v) is 9.53. The molecule has 25 heavy (non-hydrogen) atoms. The first-order valence-electron chi connectivity index (χ1n) is 9.53. The van der Waals surface area contributed by atoms with Crippen molar-refractivity contribution in [2.75, 3.05) is 0 Å². The number of carbonyl (C=O) groups is 1. The molecule has 2 bridgehead atoms. The maximum atomic E-state index is 12.1. The number of hydrogen-bond donors (Lipinski definition) is 4. The average Bonchev–Trinajstić information content (AvgIpc) is 2.83. The van der Waals surface area contributed by atoms with Gasteiger partial charge in [-0.1, -0.05) is 25.5 Å². The lowest BCUT2D eigenvalue weighted by Crippen LogP contribution is -2.69. The van der Waals surface area contributed by atoms with E-state index < -0.39 is 46.4 Å². The fourth-order valence-electron chi connectivity index (χ4n) is 7.65. The molecule has 0 aromatic heterocycles. The largest absolute Gasteiger partial charge is 0.481 e. The van der Waals surface area contributed by atoms with E-state index >= 15 is 0 Å². The van der Waals surface area contributed by atoms with E-state index in [0.29, 0.717) is 25.7 Å². The monoisotopic (exact) mass is 350 g/mol. The molecule has 0 saturated heterocycles. The minimum Gasteiger partial charge on any atom is -0.481 e. The van der Waals surface area contributed by atoms with Crippen molar-refractivity contribution in [2.24, 2.45) is 34.0 Å². The van der Waals surface area contributed by atoms with Gasteiger partial charge in [0.25, 0.3) is 0 Å². The predicted molar refractivity (Wildman–Crippen MR) is 91.6 cm³/mol. The van der Waals surface area contributed by atoms with E-state index in [4.69, 9.17) is 0 Å². The Balaban J connectivity index is 1.86. The maximum absolute atomic E-state index is 12.1. The van der Waals surface area contributed by atoms with Crippen LogP contribution in [0.25, 0.3) is 0 Å². The highest BCUT2D eigenvalue weighted by Crippen LogP contribution is 2.72. The quantitative estimate of drug-likeness (QED) is 0.542. The Morgan fingerprint density at radius 3 is 2.52 bits per heavy atom. The number of aliphatic hydroxyl groups is 3. The second-order valence-electron chi connectivity index (χ2n) is 9.73. The van der Waals surface area contributed by atoms with Crippen LogP contribution < -0.4 is 0 Å². The molecule has 0 aromatic rings. The zero-order valence-electron chi connectivity index (χ0n) is 15.1. The SMILES string of the molecule is C=C1C[C@]23C[C@@H]1[C@H](O)C[C@H]2[C@]1(C)CCC[C@@](C)(C(=O)O)[C@H]1[C@H](O)[C@@H]3O. The summed E-state index contributed by atoms with van der Waals surface area (Å²) < 4.78 is 0. The van der Waals surface area contributed by atoms with Crippen LogP contribution in [0.3, 0.4) is 0 Å². The van der Waals surface area contributed by atoms with Crippen LogP contribution in [0.2, 0.25) is 0 Å². The van der Waals surface area contributed by atoms with E-state index in [1.807, 2.05) is 0 Å². The van der Waals surface area contributed by atoms with Gasteiger partial charge in [-0.3, -0.25) is 4.79 Å². The molecule has 0 radical (unpaired) electrons. The Morgan fingerprint density at radius 1 is 1.20 bits per heavy atom. The summed E-state index contributed by atoms with van der Waals surface area (Å²) in [6, 6.07) is 0. The molecule has 0 unspecified atom stereocenters. The smallest absolute Gasteiger partial charge is 0.309 e. The zero-order chi connectivity index (χ0) is 18.4. The van der Waals surface area contributed by atoms with Gasteiger partial charge < -0.3 is 20.4 Å². The van der Waals surface area contributed by atoms with E-state index in [9.17, 15) is 25.2 Å². The van der Waals surface area contributed by atoms with E-state index in [-0.39, 0.29) is 11.8 Å². The van der Waals surface area contributed by atoms with Gasteiger partial charge >= 0.3 is 5.97 Å². The topological polar surface area (TPSA) is 98.0 Å². The molecule has 5 nitrogen and oxygen atoms in total. The van der Waals surface area contributed by atoms with Crippen molar-refractivity contribution < 1.29 is 25.2 Å². The number of hydrogen-bond acceptors (Lipinski definition) is 4. The summed E-state index contributed by atoms with van der Waals surface area (Å²) in [4.78, 5) is 12.1. The number of fused-ring (bicyclic) bond motifs is 3. The van der Waals surface area contributed by atoms with Gasteiger partial charge in [-0.05, 0) is 50.4 Å². The molecule has 1 spiro atoms. The van der Waals surface area contributed by atoms with Gasteiger partial charge in [0.05, 0.1) is 23.7 Å². The van der Waals surface area contributed by atoms with Crippen LogP contribution in [0.5, 0.6) is 0 Å². The van der Waals surface area contributed by atoms with Crippen molar-refractivity contribution in [3.63, 3.8) is 0 Å². The van der Waals surface area contributed by atoms with Crippen LogP contribution in [0.15, 0.2) is 12.2 Å². The normalized spacial score (nSPS) is 57.7. The van der Waals surface area contributed by atoms with Gasteiger partial charge in [0, 0.05) is 17.3 Å². The molecule has 0 aromatic carbocycles. The molecule has 0 heterocycles. The van der Waals surface area contributed by atoms with Crippen molar-refractivity contribution >= 4 is 5.97 Å². The fraction of sp³-hybridized carbons (Fsp3) is 0.850. The lowest BCUT2D eigenvalue weighted by molar-refractivity contribution is -0.260. The van der Waals surface area contributed by atoms with Crippen LogP contribution in [0.4, 0.5) is 0 Å². The maximum Gasteiger partial charge on any atom is 0.309 e. The van der Waals surface area contributed by atoms with Crippen molar-refractivity contribution in [1.82, 2.24) is 0 Å². The highest BCUT2D eigenvalue weighted by atomic mass is 16.4. The first kappa shape index (κ1) is 17.5. The van der Waals surface area contributed by atoms with Gasteiger partial charge in [0.15, 0.2) is 0 Å². The van der Waals surface area contributed by atoms with Crippen LogP contribution >= 0.6 is 0 Å². The third-order valence-corrected chi connectivity index (χ3v) is 8.66. The summed E-state index contributed by atoms with van der Waals surface area (Å²) in [6.07, 6.45) is 1.51. The van der Waals surface area contributed by atoms with Crippen molar-refractivity contribution in [2.45, 2.75) is 70.7 Å². The molecule has 4 aliphatic rings. The average molecular weight is 350 g/mol. The lowest BCUT2D eigenvalue weighted by Gasteiger charge is -2.66. The second-order valence-corrected chi connectivity index (χ2v) is 9.73.